The summed E-state index contributed by atoms with van der Waals surface area (Å²) in [7, 11) is 1.54. The molecule has 88 valence electrons. The lowest BCUT2D eigenvalue weighted by molar-refractivity contribution is 0.121. The average Bonchev–Trinajstić information content (AvgIpc) is 2.30. The van der Waals surface area contributed by atoms with Crippen molar-refractivity contribution in [2.24, 2.45) is 0 Å². The third-order valence-corrected chi connectivity index (χ3v) is 3.31. The van der Waals surface area contributed by atoms with E-state index in [1.807, 2.05) is 0 Å². The highest BCUT2D eigenvalue weighted by Crippen LogP contribution is 2.36. The Bertz CT molecular complexity index is 377. The van der Waals surface area contributed by atoms with Gasteiger partial charge in [-0.15, -0.1) is 0 Å². The SMILES string of the molecule is COc1cc(C2(F)CCCNC2)ccc1Cl. The van der Waals surface area contributed by atoms with E-state index in [-0.39, 0.29) is 0 Å². The predicted molar refractivity (Wildman–Crippen MR) is 62.9 cm³/mol. The lowest BCUT2D eigenvalue weighted by Gasteiger charge is -2.30. The van der Waals surface area contributed by atoms with Crippen LogP contribution in [0.3, 0.4) is 0 Å². The molecule has 1 aliphatic heterocycles. The Morgan fingerprint density at radius 3 is 2.94 bits per heavy atom. The molecule has 1 aromatic carbocycles. The molecular formula is C12H15ClFNO. The number of nitrogens with one attached hydrogen (secondary N) is 1. The van der Waals surface area contributed by atoms with Crippen molar-refractivity contribution >= 4 is 11.6 Å². The van der Waals surface area contributed by atoms with E-state index in [0.717, 1.165) is 13.0 Å². The van der Waals surface area contributed by atoms with Crippen molar-refractivity contribution in [3.63, 3.8) is 0 Å². The van der Waals surface area contributed by atoms with Gasteiger partial charge in [0.2, 0.25) is 0 Å². The van der Waals surface area contributed by atoms with Crippen LogP contribution >= 0.6 is 11.6 Å². The number of methoxy groups -OCH3 is 1. The van der Waals surface area contributed by atoms with Gasteiger partial charge in [0.15, 0.2) is 0 Å². The number of benzene rings is 1. The zero-order chi connectivity index (χ0) is 11.6. The first-order chi connectivity index (χ1) is 7.65. The molecule has 1 aromatic rings. The highest BCUT2D eigenvalue weighted by atomic mass is 35.5. The van der Waals surface area contributed by atoms with Crippen LogP contribution in [0.4, 0.5) is 4.39 Å². The Kier molecular flexibility index (Phi) is 3.36. The summed E-state index contributed by atoms with van der Waals surface area (Å²) in [5.41, 5.74) is -0.656. The Morgan fingerprint density at radius 1 is 1.50 bits per heavy atom. The van der Waals surface area contributed by atoms with Gasteiger partial charge in [0.25, 0.3) is 0 Å². The first kappa shape index (κ1) is 11.7. The molecule has 0 aliphatic carbocycles. The number of hydrogen-bond acceptors (Lipinski definition) is 2. The monoisotopic (exact) mass is 243 g/mol. The number of rotatable bonds is 2. The van der Waals surface area contributed by atoms with Gasteiger partial charge in [0, 0.05) is 6.54 Å². The van der Waals surface area contributed by atoms with E-state index < -0.39 is 5.67 Å². The maximum absolute atomic E-state index is 14.6. The molecular weight excluding hydrogens is 229 g/mol. The lowest BCUT2D eigenvalue weighted by Crippen LogP contribution is -2.40. The summed E-state index contributed by atoms with van der Waals surface area (Å²) in [6.07, 6.45) is 1.40. The second-order valence-electron chi connectivity index (χ2n) is 4.09. The van der Waals surface area contributed by atoms with Gasteiger partial charge in [-0.2, -0.15) is 0 Å². The van der Waals surface area contributed by atoms with Crippen molar-refractivity contribution in [1.82, 2.24) is 5.32 Å². The Labute approximate surface area is 99.7 Å². The number of halogens is 2. The van der Waals surface area contributed by atoms with E-state index in [1.165, 1.54) is 7.11 Å². The van der Waals surface area contributed by atoms with Crippen LogP contribution in [-0.2, 0) is 5.67 Å². The van der Waals surface area contributed by atoms with E-state index >= 15 is 0 Å². The highest BCUT2D eigenvalue weighted by molar-refractivity contribution is 6.32. The fourth-order valence-corrected chi connectivity index (χ4v) is 2.25. The molecule has 0 spiro atoms. The first-order valence-corrected chi connectivity index (χ1v) is 5.77. The minimum Gasteiger partial charge on any atom is -0.495 e. The van der Waals surface area contributed by atoms with Gasteiger partial charge in [0.05, 0.1) is 12.1 Å². The maximum atomic E-state index is 14.6. The summed E-state index contributed by atoms with van der Waals surface area (Å²) >= 11 is 5.92. The molecule has 1 atom stereocenters. The largest absolute Gasteiger partial charge is 0.495 e. The second-order valence-corrected chi connectivity index (χ2v) is 4.50. The number of ether oxygens (including phenoxy) is 1. The van der Waals surface area contributed by atoms with Crippen molar-refractivity contribution in [2.45, 2.75) is 18.5 Å². The fraction of sp³-hybridized carbons (Fsp3) is 0.500. The molecule has 2 rings (SSSR count). The molecule has 0 aromatic heterocycles. The standard InChI is InChI=1S/C12H15ClFNO/c1-16-11-7-9(3-4-10(11)13)12(14)5-2-6-15-8-12/h3-4,7,15H,2,5-6,8H2,1H3. The Morgan fingerprint density at radius 2 is 2.31 bits per heavy atom. The minimum atomic E-state index is -1.30. The summed E-state index contributed by atoms with van der Waals surface area (Å²) < 4.78 is 19.7. The molecule has 0 saturated carbocycles. The number of piperidine rings is 1. The molecule has 1 heterocycles. The molecule has 2 nitrogen and oxygen atoms in total. The highest BCUT2D eigenvalue weighted by Gasteiger charge is 2.34. The molecule has 1 aliphatic rings. The maximum Gasteiger partial charge on any atom is 0.148 e. The fourth-order valence-electron chi connectivity index (χ4n) is 2.05. The van der Waals surface area contributed by atoms with Crippen LogP contribution < -0.4 is 10.1 Å². The molecule has 1 fully saturated rings. The van der Waals surface area contributed by atoms with Gasteiger partial charge in [-0.25, -0.2) is 4.39 Å². The summed E-state index contributed by atoms with van der Waals surface area (Å²) in [6.45, 7) is 1.24. The van der Waals surface area contributed by atoms with Crippen molar-refractivity contribution in [3.05, 3.63) is 28.8 Å². The normalized spacial score (nSPS) is 25.4. The van der Waals surface area contributed by atoms with E-state index in [2.05, 4.69) is 5.32 Å². The molecule has 1 unspecified atom stereocenters. The second kappa shape index (κ2) is 4.60. The van der Waals surface area contributed by atoms with Crippen molar-refractivity contribution < 1.29 is 9.13 Å². The third kappa shape index (κ3) is 2.15. The van der Waals surface area contributed by atoms with E-state index in [9.17, 15) is 4.39 Å². The van der Waals surface area contributed by atoms with Crippen LogP contribution in [0.15, 0.2) is 18.2 Å². The zero-order valence-corrected chi connectivity index (χ0v) is 9.98. The van der Waals surface area contributed by atoms with E-state index in [1.54, 1.807) is 18.2 Å². The predicted octanol–water partition coefficient (Wildman–Crippen LogP) is 2.90. The van der Waals surface area contributed by atoms with Gasteiger partial charge < -0.3 is 10.1 Å². The van der Waals surface area contributed by atoms with Crippen LogP contribution in [0.5, 0.6) is 5.75 Å². The summed E-state index contributed by atoms with van der Waals surface area (Å²) in [5.74, 6) is 0.529. The Hall–Kier alpha value is -0.800. The molecule has 0 amide bonds. The summed E-state index contributed by atoms with van der Waals surface area (Å²) in [6, 6.07) is 5.11. The van der Waals surface area contributed by atoms with Crippen molar-refractivity contribution in [2.75, 3.05) is 20.2 Å². The molecule has 0 radical (unpaired) electrons. The van der Waals surface area contributed by atoms with Crippen LogP contribution in [0.2, 0.25) is 5.02 Å². The quantitative estimate of drug-likeness (QED) is 0.863. The molecule has 4 heteroatoms. The minimum absolute atomic E-state index is 0.359. The van der Waals surface area contributed by atoms with Gasteiger partial charge in [-0.1, -0.05) is 17.7 Å². The molecule has 1 saturated heterocycles. The molecule has 16 heavy (non-hydrogen) atoms. The average molecular weight is 244 g/mol. The van der Waals surface area contributed by atoms with Crippen LogP contribution in [0.1, 0.15) is 18.4 Å². The van der Waals surface area contributed by atoms with Gasteiger partial charge in [-0.05, 0) is 37.1 Å². The molecule has 0 bridgehead atoms. The van der Waals surface area contributed by atoms with E-state index in [0.29, 0.717) is 29.3 Å². The smallest absolute Gasteiger partial charge is 0.148 e. The summed E-state index contributed by atoms with van der Waals surface area (Å²) in [4.78, 5) is 0. The van der Waals surface area contributed by atoms with Crippen molar-refractivity contribution in [3.8, 4) is 5.75 Å². The van der Waals surface area contributed by atoms with Gasteiger partial charge in [0.1, 0.15) is 11.4 Å². The van der Waals surface area contributed by atoms with E-state index in [4.69, 9.17) is 16.3 Å². The zero-order valence-electron chi connectivity index (χ0n) is 9.22. The van der Waals surface area contributed by atoms with Gasteiger partial charge in [-0.3, -0.25) is 0 Å². The Balaban J connectivity index is 2.32. The number of alkyl halides is 1. The van der Waals surface area contributed by atoms with Crippen molar-refractivity contribution in [1.29, 1.82) is 0 Å². The third-order valence-electron chi connectivity index (χ3n) is 3.00. The first-order valence-electron chi connectivity index (χ1n) is 5.39. The van der Waals surface area contributed by atoms with Gasteiger partial charge >= 0.3 is 0 Å². The van der Waals surface area contributed by atoms with Crippen LogP contribution in [0, 0.1) is 0 Å². The number of hydrogen-bond donors (Lipinski definition) is 1. The van der Waals surface area contributed by atoms with Crippen LogP contribution in [0.25, 0.3) is 0 Å². The summed E-state index contributed by atoms with van der Waals surface area (Å²) in [5, 5.41) is 3.59. The topological polar surface area (TPSA) is 21.3 Å². The van der Waals surface area contributed by atoms with Crippen LogP contribution in [-0.4, -0.2) is 20.2 Å². The lowest BCUT2D eigenvalue weighted by atomic mass is 9.88. The molecule has 1 N–H and O–H groups in total.